The third-order valence-corrected chi connectivity index (χ3v) is 3.18. The van der Waals surface area contributed by atoms with Crippen molar-refractivity contribution < 1.29 is 4.79 Å². The van der Waals surface area contributed by atoms with Gasteiger partial charge < -0.3 is 10.6 Å². The number of anilines is 1. The zero-order valence-electron chi connectivity index (χ0n) is 11.1. The number of carbonyl (C=O) groups excluding carboxylic acids is 1. The summed E-state index contributed by atoms with van der Waals surface area (Å²) < 4.78 is 2.62. The van der Waals surface area contributed by atoms with E-state index in [9.17, 15) is 4.79 Å². The van der Waals surface area contributed by atoms with E-state index in [0.29, 0.717) is 17.9 Å². The summed E-state index contributed by atoms with van der Waals surface area (Å²) in [4.78, 5) is 16.3. The molecular weight excluding hydrogens is 322 g/mol. The summed E-state index contributed by atoms with van der Waals surface area (Å²) in [5.41, 5.74) is 0.529. The van der Waals surface area contributed by atoms with Crippen LogP contribution in [-0.2, 0) is 6.54 Å². The number of carbonyl (C=O) groups is 1. The summed E-state index contributed by atoms with van der Waals surface area (Å²) in [5, 5.41) is 9.90. The van der Waals surface area contributed by atoms with Crippen LogP contribution in [0.15, 0.2) is 35.2 Å². The fourth-order valence-corrected chi connectivity index (χ4v) is 2.11. The number of nitrogens with one attached hydrogen (secondary N) is 2. The second-order valence-corrected chi connectivity index (χ2v) is 5.09. The highest BCUT2D eigenvalue weighted by Gasteiger charge is 2.11. The first-order valence-corrected chi connectivity index (χ1v) is 7.09. The number of hydrogen-bond acceptors (Lipinski definition) is 4. The molecule has 0 aliphatic rings. The number of aromatic nitrogens is 3. The highest BCUT2D eigenvalue weighted by Crippen LogP contribution is 2.17. The van der Waals surface area contributed by atoms with Gasteiger partial charge in [-0.3, -0.25) is 9.48 Å². The van der Waals surface area contributed by atoms with Gasteiger partial charge >= 0.3 is 0 Å². The minimum absolute atomic E-state index is 0.136. The summed E-state index contributed by atoms with van der Waals surface area (Å²) in [7, 11) is 1.74. The molecule has 0 saturated heterocycles. The van der Waals surface area contributed by atoms with Gasteiger partial charge in [0, 0.05) is 43.2 Å². The molecular formula is C13H16BrN5O. The van der Waals surface area contributed by atoms with Crippen LogP contribution in [0.5, 0.6) is 0 Å². The monoisotopic (exact) mass is 337 g/mol. The first-order valence-electron chi connectivity index (χ1n) is 6.29. The van der Waals surface area contributed by atoms with Crippen molar-refractivity contribution in [1.82, 2.24) is 20.1 Å². The summed E-state index contributed by atoms with van der Waals surface area (Å²) in [6.07, 6.45) is 6.12. The molecule has 1 amide bonds. The van der Waals surface area contributed by atoms with Crippen LogP contribution in [-0.4, -0.2) is 34.3 Å². The molecule has 0 spiro atoms. The van der Waals surface area contributed by atoms with Gasteiger partial charge in [-0.15, -0.1) is 0 Å². The van der Waals surface area contributed by atoms with Gasteiger partial charge in [-0.1, -0.05) is 0 Å². The maximum atomic E-state index is 12.1. The lowest BCUT2D eigenvalue weighted by Crippen LogP contribution is -2.26. The van der Waals surface area contributed by atoms with Gasteiger partial charge in [0.15, 0.2) is 0 Å². The van der Waals surface area contributed by atoms with Crippen molar-refractivity contribution in [3.05, 3.63) is 40.8 Å². The molecule has 2 aromatic rings. The highest BCUT2D eigenvalue weighted by atomic mass is 79.9. The van der Waals surface area contributed by atoms with Crippen molar-refractivity contribution in [3.63, 3.8) is 0 Å². The number of nitrogens with zero attached hydrogens (tertiary/aromatic N) is 3. The van der Waals surface area contributed by atoms with Crippen LogP contribution >= 0.6 is 15.9 Å². The molecule has 0 aliphatic heterocycles. The quantitative estimate of drug-likeness (QED) is 0.789. The predicted octanol–water partition coefficient (Wildman–Crippen LogP) is 1.90. The minimum Gasteiger partial charge on any atom is -0.372 e. The fraction of sp³-hybridized carbons (Fsp3) is 0.308. The number of pyridine rings is 1. The van der Waals surface area contributed by atoms with E-state index in [1.54, 1.807) is 25.5 Å². The van der Waals surface area contributed by atoms with E-state index < -0.39 is 0 Å². The molecule has 6 nitrogen and oxygen atoms in total. The van der Waals surface area contributed by atoms with Crippen LogP contribution in [0.1, 0.15) is 16.8 Å². The van der Waals surface area contributed by atoms with Gasteiger partial charge in [0.05, 0.1) is 5.56 Å². The van der Waals surface area contributed by atoms with Crippen LogP contribution in [0.25, 0.3) is 0 Å². The van der Waals surface area contributed by atoms with Crippen molar-refractivity contribution in [2.45, 2.75) is 13.0 Å². The molecule has 2 N–H and O–H groups in total. The van der Waals surface area contributed by atoms with Crippen molar-refractivity contribution in [3.8, 4) is 0 Å². The number of hydrogen-bond donors (Lipinski definition) is 2. The molecule has 0 radical (unpaired) electrons. The van der Waals surface area contributed by atoms with E-state index in [1.807, 2.05) is 16.9 Å². The van der Waals surface area contributed by atoms with Crippen molar-refractivity contribution in [1.29, 1.82) is 0 Å². The molecule has 106 valence electrons. The van der Waals surface area contributed by atoms with Crippen LogP contribution in [0.3, 0.4) is 0 Å². The lowest BCUT2D eigenvalue weighted by molar-refractivity contribution is 0.0953. The Kier molecular flexibility index (Phi) is 5.11. The summed E-state index contributed by atoms with van der Waals surface area (Å²) in [6.45, 7) is 1.37. The topological polar surface area (TPSA) is 71.8 Å². The fourth-order valence-electron chi connectivity index (χ4n) is 1.78. The van der Waals surface area contributed by atoms with E-state index in [0.717, 1.165) is 17.4 Å². The predicted molar refractivity (Wildman–Crippen MR) is 80.7 cm³/mol. The van der Waals surface area contributed by atoms with Crippen LogP contribution < -0.4 is 10.6 Å². The number of rotatable bonds is 6. The Hall–Kier alpha value is -1.89. The lowest BCUT2D eigenvalue weighted by atomic mass is 10.2. The van der Waals surface area contributed by atoms with E-state index in [2.05, 4.69) is 36.6 Å². The molecule has 0 aliphatic carbocycles. The van der Waals surface area contributed by atoms with E-state index in [-0.39, 0.29) is 5.91 Å². The standard InChI is InChI=1S/C13H16BrN5O/c1-15-12-11(8-10(14)9-17-12)13(20)16-4-2-6-19-7-3-5-18-19/h3,5,7-9H,2,4,6H2,1H3,(H,15,17)(H,16,20). The average Bonchev–Trinajstić information content (AvgIpc) is 2.96. The molecule has 0 aromatic carbocycles. The summed E-state index contributed by atoms with van der Waals surface area (Å²) in [6, 6.07) is 3.63. The zero-order chi connectivity index (χ0) is 14.4. The molecule has 0 unspecified atom stereocenters. The molecule has 7 heteroatoms. The largest absolute Gasteiger partial charge is 0.372 e. The van der Waals surface area contributed by atoms with Crippen molar-refractivity contribution >= 4 is 27.7 Å². The van der Waals surface area contributed by atoms with Crippen LogP contribution in [0.4, 0.5) is 5.82 Å². The van der Waals surface area contributed by atoms with Gasteiger partial charge in [0.1, 0.15) is 5.82 Å². The number of amides is 1. The van der Waals surface area contributed by atoms with Crippen molar-refractivity contribution in [2.24, 2.45) is 0 Å². The molecule has 20 heavy (non-hydrogen) atoms. The van der Waals surface area contributed by atoms with Crippen molar-refractivity contribution in [2.75, 3.05) is 18.9 Å². The van der Waals surface area contributed by atoms with Gasteiger partial charge in [0.25, 0.3) is 5.91 Å². The molecule has 2 heterocycles. The van der Waals surface area contributed by atoms with Crippen LogP contribution in [0, 0.1) is 0 Å². The minimum atomic E-state index is -0.136. The van der Waals surface area contributed by atoms with Gasteiger partial charge in [-0.05, 0) is 34.5 Å². The molecule has 0 saturated carbocycles. The average molecular weight is 338 g/mol. The first kappa shape index (κ1) is 14.5. The molecule has 0 fully saturated rings. The van der Waals surface area contributed by atoms with E-state index >= 15 is 0 Å². The molecule has 2 rings (SSSR count). The number of halogens is 1. The lowest BCUT2D eigenvalue weighted by Gasteiger charge is -2.09. The Morgan fingerprint density at radius 3 is 3.05 bits per heavy atom. The smallest absolute Gasteiger partial charge is 0.255 e. The van der Waals surface area contributed by atoms with E-state index in [4.69, 9.17) is 0 Å². The third kappa shape index (κ3) is 3.80. The first-order chi connectivity index (χ1) is 9.70. The Bertz CT molecular complexity index is 570. The SMILES string of the molecule is CNc1ncc(Br)cc1C(=O)NCCCn1cccn1. The normalized spacial score (nSPS) is 10.3. The van der Waals surface area contributed by atoms with E-state index in [1.165, 1.54) is 0 Å². The van der Waals surface area contributed by atoms with Gasteiger partial charge in [-0.2, -0.15) is 5.10 Å². The Morgan fingerprint density at radius 1 is 1.50 bits per heavy atom. The second-order valence-electron chi connectivity index (χ2n) is 4.18. The Labute approximate surface area is 125 Å². The Balaban J connectivity index is 1.87. The Morgan fingerprint density at radius 2 is 2.35 bits per heavy atom. The van der Waals surface area contributed by atoms with Gasteiger partial charge in [-0.25, -0.2) is 4.98 Å². The van der Waals surface area contributed by atoms with Gasteiger partial charge in [0.2, 0.25) is 0 Å². The molecule has 0 atom stereocenters. The second kappa shape index (κ2) is 7.04. The highest BCUT2D eigenvalue weighted by molar-refractivity contribution is 9.10. The summed E-state index contributed by atoms with van der Waals surface area (Å²) in [5.74, 6) is 0.432. The molecule has 0 bridgehead atoms. The number of aryl methyl sites for hydroxylation is 1. The maximum Gasteiger partial charge on any atom is 0.255 e. The third-order valence-electron chi connectivity index (χ3n) is 2.74. The maximum absolute atomic E-state index is 12.1. The molecule has 2 aromatic heterocycles. The van der Waals surface area contributed by atoms with Crippen LogP contribution in [0.2, 0.25) is 0 Å². The zero-order valence-corrected chi connectivity index (χ0v) is 12.7. The summed E-state index contributed by atoms with van der Waals surface area (Å²) >= 11 is 3.32.